The Morgan fingerprint density at radius 2 is 1.77 bits per heavy atom. The van der Waals surface area contributed by atoms with E-state index in [0.29, 0.717) is 0 Å². The van der Waals surface area contributed by atoms with Crippen LogP contribution in [0.4, 0.5) is 14.5 Å². The fourth-order valence-electron chi connectivity index (χ4n) is 2.74. The molecule has 0 saturated carbocycles. The molecule has 1 saturated heterocycles. The second kappa shape index (κ2) is 9.69. The number of rotatable bonds is 6. The lowest BCUT2D eigenvalue weighted by atomic mass is 10.2. The molecule has 0 radical (unpaired) electrons. The average molecular weight is 475 g/mol. The maximum Gasteiger partial charge on any atom is 0.341 e. The number of sulfonamides is 1. The number of carbonyl (C=O) groups excluding carboxylic acids is 2. The first-order valence-corrected chi connectivity index (χ1v) is 10.8. The zero-order valence-corrected chi connectivity index (χ0v) is 17.5. The van der Waals surface area contributed by atoms with E-state index in [-0.39, 0.29) is 41.9 Å². The molecule has 12 heteroatoms. The van der Waals surface area contributed by atoms with Crippen molar-refractivity contribution in [1.82, 2.24) is 4.31 Å². The molecule has 1 N–H and O–H groups in total. The number of nitrogens with one attached hydrogen (secondary N) is 1. The third-order valence-electron chi connectivity index (χ3n) is 4.30. The number of halogens is 3. The smallest absolute Gasteiger partial charge is 0.341 e. The zero-order chi connectivity index (χ0) is 22.6. The number of morpholine rings is 1. The van der Waals surface area contributed by atoms with E-state index in [9.17, 15) is 26.8 Å². The van der Waals surface area contributed by atoms with E-state index in [4.69, 9.17) is 21.1 Å². The summed E-state index contributed by atoms with van der Waals surface area (Å²) in [5, 5.41) is 2.12. The number of carbonyl (C=O) groups is 2. The van der Waals surface area contributed by atoms with Crippen LogP contribution in [-0.4, -0.2) is 57.5 Å². The Hall–Kier alpha value is -2.60. The van der Waals surface area contributed by atoms with Crippen LogP contribution in [0, 0.1) is 11.6 Å². The van der Waals surface area contributed by atoms with E-state index in [1.54, 1.807) is 0 Å². The van der Waals surface area contributed by atoms with Crippen molar-refractivity contribution in [1.29, 1.82) is 0 Å². The minimum absolute atomic E-state index is 0.132. The maximum atomic E-state index is 14.1. The molecule has 8 nitrogen and oxygen atoms in total. The summed E-state index contributed by atoms with van der Waals surface area (Å²) in [6, 6.07) is 6.20. The molecule has 166 valence electrons. The summed E-state index contributed by atoms with van der Waals surface area (Å²) < 4.78 is 63.7. The van der Waals surface area contributed by atoms with Gasteiger partial charge in [-0.25, -0.2) is 22.0 Å². The van der Waals surface area contributed by atoms with Crippen LogP contribution in [0.25, 0.3) is 0 Å². The topological polar surface area (TPSA) is 102 Å². The maximum absolute atomic E-state index is 14.1. The number of anilines is 1. The summed E-state index contributed by atoms with van der Waals surface area (Å²) in [5.41, 5.74) is -0.468. The van der Waals surface area contributed by atoms with E-state index in [2.05, 4.69) is 5.32 Å². The van der Waals surface area contributed by atoms with Gasteiger partial charge in [0.1, 0.15) is 11.6 Å². The van der Waals surface area contributed by atoms with Gasteiger partial charge in [-0.1, -0.05) is 11.6 Å². The molecular weight excluding hydrogens is 458 g/mol. The highest BCUT2D eigenvalue weighted by molar-refractivity contribution is 7.89. The first kappa shape index (κ1) is 23.1. The summed E-state index contributed by atoms with van der Waals surface area (Å²) >= 11 is 5.62. The Kier molecular flexibility index (Phi) is 7.21. The molecule has 0 aromatic heterocycles. The molecule has 0 bridgehead atoms. The lowest BCUT2D eigenvalue weighted by Gasteiger charge is -2.26. The van der Waals surface area contributed by atoms with Gasteiger partial charge in [-0.05, 0) is 36.4 Å². The van der Waals surface area contributed by atoms with Crippen molar-refractivity contribution in [2.45, 2.75) is 4.90 Å². The van der Waals surface area contributed by atoms with E-state index < -0.39 is 45.7 Å². The molecule has 3 rings (SSSR count). The van der Waals surface area contributed by atoms with Gasteiger partial charge in [0.15, 0.2) is 6.61 Å². The number of benzene rings is 2. The third-order valence-corrected chi connectivity index (χ3v) is 6.49. The molecule has 1 amide bonds. The summed E-state index contributed by atoms with van der Waals surface area (Å²) in [6.45, 7) is -0.0682. The van der Waals surface area contributed by atoms with Crippen LogP contribution in [0.1, 0.15) is 10.4 Å². The molecule has 2 aromatic rings. The van der Waals surface area contributed by atoms with E-state index in [1.165, 1.54) is 10.4 Å². The van der Waals surface area contributed by atoms with Crippen molar-refractivity contribution in [3.8, 4) is 0 Å². The van der Waals surface area contributed by atoms with Gasteiger partial charge in [-0.15, -0.1) is 0 Å². The largest absolute Gasteiger partial charge is 0.452 e. The quantitative estimate of drug-likeness (QED) is 0.645. The van der Waals surface area contributed by atoms with E-state index in [0.717, 1.165) is 30.3 Å². The number of nitrogens with zero attached hydrogens (tertiary/aromatic N) is 1. The van der Waals surface area contributed by atoms with Crippen LogP contribution in [0.3, 0.4) is 0 Å². The molecule has 0 aliphatic carbocycles. The second-order valence-electron chi connectivity index (χ2n) is 6.41. The van der Waals surface area contributed by atoms with Crippen LogP contribution in [0.2, 0.25) is 5.02 Å². The summed E-state index contributed by atoms with van der Waals surface area (Å²) in [4.78, 5) is 23.9. The van der Waals surface area contributed by atoms with Crippen molar-refractivity contribution in [2.24, 2.45) is 0 Å². The fraction of sp³-hybridized carbons (Fsp3) is 0.263. The molecular formula is C19H17ClF2N2O6S. The highest BCUT2D eigenvalue weighted by Crippen LogP contribution is 2.21. The van der Waals surface area contributed by atoms with E-state index in [1.807, 2.05) is 0 Å². The molecule has 31 heavy (non-hydrogen) atoms. The average Bonchev–Trinajstić information content (AvgIpc) is 2.75. The highest BCUT2D eigenvalue weighted by atomic mass is 35.5. The van der Waals surface area contributed by atoms with Crippen LogP contribution in [0.15, 0.2) is 41.3 Å². The van der Waals surface area contributed by atoms with Crippen LogP contribution < -0.4 is 5.32 Å². The first-order valence-electron chi connectivity index (χ1n) is 8.98. The highest BCUT2D eigenvalue weighted by Gasteiger charge is 2.28. The molecule has 2 aromatic carbocycles. The normalized spacial score (nSPS) is 14.8. The molecule has 1 aliphatic heterocycles. The third kappa shape index (κ3) is 5.56. The summed E-state index contributed by atoms with van der Waals surface area (Å²) in [6.07, 6.45) is 0. The van der Waals surface area contributed by atoms with Crippen LogP contribution in [0.5, 0.6) is 0 Å². The number of hydrogen-bond acceptors (Lipinski definition) is 6. The van der Waals surface area contributed by atoms with Gasteiger partial charge in [0.2, 0.25) is 10.0 Å². The summed E-state index contributed by atoms with van der Waals surface area (Å²) in [5.74, 6) is -3.68. The van der Waals surface area contributed by atoms with Crippen molar-refractivity contribution in [3.63, 3.8) is 0 Å². The number of amides is 1. The van der Waals surface area contributed by atoms with Crippen molar-refractivity contribution in [2.75, 3.05) is 38.2 Å². The Labute approximate surface area is 181 Å². The SMILES string of the molecule is O=C(COC(=O)c1cc(S(=O)(=O)N2CCOCC2)ccc1F)Nc1ccc(F)c(Cl)c1. The van der Waals surface area contributed by atoms with Gasteiger partial charge < -0.3 is 14.8 Å². The number of ether oxygens (including phenoxy) is 2. The molecule has 1 heterocycles. The summed E-state index contributed by atoms with van der Waals surface area (Å²) in [7, 11) is -3.96. The van der Waals surface area contributed by atoms with Crippen molar-refractivity contribution in [3.05, 3.63) is 58.6 Å². The number of esters is 1. The predicted molar refractivity (Wildman–Crippen MR) is 106 cm³/mol. The van der Waals surface area contributed by atoms with Crippen molar-refractivity contribution >= 4 is 39.2 Å². The zero-order valence-electron chi connectivity index (χ0n) is 15.9. The van der Waals surface area contributed by atoms with Gasteiger partial charge >= 0.3 is 5.97 Å². The number of hydrogen-bond donors (Lipinski definition) is 1. The van der Waals surface area contributed by atoms with Crippen LogP contribution in [-0.2, 0) is 24.3 Å². The molecule has 1 aliphatic rings. The van der Waals surface area contributed by atoms with Gasteiger partial charge in [-0.2, -0.15) is 4.31 Å². The Balaban J connectivity index is 1.67. The predicted octanol–water partition coefficient (Wildman–Crippen LogP) is 2.43. The standard InChI is InChI=1S/C19H17ClF2N2O6S/c20-15-9-12(1-3-17(15)22)23-18(25)11-30-19(26)14-10-13(2-4-16(14)21)31(27,28)24-5-7-29-8-6-24/h1-4,9-10H,5-8,11H2,(H,23,25). The van der Waals surface area contributed by atoms with E-state index >= 15 is 0 Å². The second-order valence-corrected chi connectivity index (χ2v) is 8.76. The Bertz CT molecular complexity index is 1110. The molecule has 0 atom stereocenters. The van der Waals surface area contributed by atoms with Gasteiger partial charge in [-0.3, -0.25) is 4.79 Å². The minimum atomic E-state index is -3.96. The van der Waals surface area contributed by atoms with Crippen molar-refractivity contribution < 1.29 is 36.3 Å². The van der Waals surface area contributed by atoms with Crippen LogP contribution >= 0.6 is 11.6 Å². The lowest BCUT2D eigenvalue weighted by molar-refractivity contribution is -0.119. The fourth-order valence-corrected chi connectivity index (χ4v) is 4.35. The molecule has 0 unspecified atom stereocenters. The lowest BCUT2D eigenvalue weighted by Crippen LogP contribution is -2.40. The minimum Gasteiger partial charge on any atom is -0.452 e. The molecule has 0 spiro atoms. The van der Waals surface area contributed by atoms with Gasteiger partial charge in [0.25, 0.3) is 5.91 Å². The monoisotopic (exact) mass is 474 g/mol. The molecule has 1 fully saturated rings. The Morgan fingerprint density at radius 1 is 1.10 bits per heavy atom. The first-order chi connectivity index (χ1) is 14.7. The van der Waals surface area contributed by atoms with Gasteiger partial charge in [0, 0.05) is 18.8 Å². The Morgan fingerprint density at radius 3 is 2.45 bits per heavy atom. The van der Waals surface area contributed by atoms with Gasteiger partial charge in [0.05, 0.1) is 28.7 Å².